The van der Waals surface area contributed by atoms with Crippen LogP contribution in [0.4, 0.5) is 0 Å². The molecule has 2 aromatic heterocycles. The molecule has 0 radical (unpaired) electrons. The highest BCUT2D eigenvalue weighted by Gasteiger charge is 2.45. The van der Waals surface area contributed by atoms with Crippen LogP contribution in [0.2, 0.25) is 0 Å². The van der Waals surface area contributed by atoms with Gasteiger partial charge in [-0.1, -0.05) is 5.16 Å². The molecule has 0 aromatic carbocycles. The molecule has 1 saturated carbocycles. The van der Waals surface area contributed by atoms with E-state index in [0.717, 1.165) is 12.8 Å². The summed E-state index contributed by atoms with van der Waals surface area (Å²) in [6.45, 7) is 1.68. The molecule has 94 valence electrons. The topological polar surface area (TPSA) is 92.0 Å². The van der Waals surface area contributed by atoms with Gasteiger partial charge in [-0.25, -0.2) is 0 Å². The average molecular weight is 247 g/mol. The van der Waals surface area contributed by atoms with Gasteiger partial charge in [-0.05, 0) is 31.7 Å². The minimum Gasteiger partial charge on any atom is -0.380 e. The number of aromatic amines is 1. The van der Waals surface area contributed by atoms with Crippen molar-refractivity contribution in [1.82, 2.24) is 15.1 Å². The van der Waals surface area contributed by atoms with Gasteiger partial charge in [0.25, 0.3) is 5.89 Å². The standard InChI is InChI=1S/C12H13N3O3/c1-12(17,8-2-3-8)11-14-10(15-18-11)7-4-5-13-9(16)6-7/h4-6,8,17H,2-3H2,1H3,(H,13,16). The monoisotopic (exact) mass is 247 g/mol. The fourth-order valence-electron chi connectivity index (χ4n) is 1.95. The summed E-state index contributed by atoms with van der Waals surface area (Å²) < 4.78 is 5.10. The van der Waals surface area contributed by atoms with E-state index in [0.29, 0.717) is 11.4 Å². The number of hydrogen-bond donors (Lipinski definition) is 2. The zero-order chi connectivity index (χ0) is 12.8. The molecule has 2 heterocycles. The number of nitrogens with one attached hydrogen (secondary N) is 1. The molecular weight excluding hydrogens is 234 g/mol. The highest BCUT2D eigenvalue weighted by atomic mass is 16.5. The SMILES string of the molecule is CC(O)(c1nc(-c2cc[nH]c(=O)c2)no1)C1CC1. The molecule has 0 spiro atoms. The fraction of sp³-hybridized carbons (Fsp3) is 0.417. The molecule has 3 rings (SSSR count). The fourth-order valence-corrected chi connectivity index (χ4v) is 1.95. The maximum atomic E-state index is 11.2. The van der Waals surface area contributed by atoms with E-state index in [1.165, 1.54) is 12.3 Å². The molecule has 2 N–H and O–H groups in total. The van der Waals surface area contributed by atoms with Crippen LogP contribution in [-0.2, 0) is 5.60 Å². The molecule has 0 saturated heterocycles. The first kappa shape index (κ1) is 11.2. The number of aliphatic hydroxyl groups is 1. The molecule has 0 aliphatic heterocycles. The van der Waals surface area contributed by atoms with Crippen molar-refractivity contribution in [2.75, 3.05) is 0 Å². The summed E-state index contributed by atoms with van der Waals surface area (Å²) in [5.74, 6) is 0.710. The van der Waals surface area contributed by atoms with Crippen molar-refractivity contribution in [3.05, 3.63) is 34.6 Å². The van der Waals surface area contributed by atoms with Gasteiger partial charge in [-0.15, -0.1) is 0 Å². The minimum absolute atomic E-state index is 0.185. The Kier molecular flexibility index (Phi) is 2.34. The molecule has 0 amide bonds. The van der Waals surface area contributed by atoms with Crippen molar-refractivity contribution in [2.45, 2.75) is 25.4 Å². The third-order valence-corrected chi connectivity index (χ3v) is 3.26. The largest absolute Gasteiger partial charge is 0.380 e. The Morgan fingerprint density at radius 1 is 1.56 bits per heavy atom. The van der Waals surface area contributed by atoms with Gasteiger partial charge in [0.15, 0.2) is 0 Å². The lowest BCUT2D eigenvalue weighted by molar-refractivity contribution is 0.000916. The van der Waals surface area contributed by atoms with Crippen molar-refractivity contribution >= 4 is 0 Å². The van der Waals surface area contributed by atoms with Crippen LogP contribution in [-0.4, -0.2) is 20.2 Å². The van der Waals surface area contributed by atoms with Gasteiger partial charge in [0.05, 0.1) is 0 Å². The van der Waals surface area contributed by atoms with Crippen molar-refractivity contribution in [2.24, 2.45) is 5.92 Å². The van der Waals surface area contributed by atoms with Crippen LogP contribution in [0.15, 0.2) is 27.6 Å². The number of H-pyrrole nitrogens is 1. The van der Waals surface area contributed by atoms with E-state index in [1.807, 2.05) is 0 Å². The maximum Gasteiger partial charge on any atom is 0.258 e. The molecule has 2 aromatic rings. The van der Waals surface area contributed by atoms with Gasteiger partial charge < -0.3 is 14.6 Å². The summed E-state index contributed by atoms with van der Waals surface area (Å²) in [6.07, 6.45) is 3.46. The normalized spacial score (nSPS) is 18.6. The smallest absolute Gasteiger partial charge is 0.258 e. The first-order valence-electron chi connectivity index (χ1n) is 5.83. The zero-order valence-electron chi connectivity index (χ0n) is 9.88. The van der Waals surface area contributed by atoms with Crippen LogP contribution in [0, 0.1) is 5.92 Å². The molecule has 1 aliphatic carbocycles. The van der Waals surface area contributed by atoms with E-state index >= 15 is 0 Å². The van der Waals surface area contributed by atoms with Crippen LogP contribution < -0.4 is 5.56 Å². The molecule has 1 atom stereocenters. The number of pyridine rings is 1. The summed E-state index contributed by atoms with van der Waals surface area (Å²) >= 11 is 0. The lowest BCUT2D eigenvalue weighted by Crippen LogP contribution is -2.24. The van der Waals surface area contributed by atoms with Crippen molar-refractivity contribution in [3.8, 4) is 11.4 Å². The quantitative estimate of drug-likeness (QED) is 0.845. The number of aromatic nitrogens is 3. The van der Waals surface area contributed by atoms with Gasteiger partial charge in [-0.2, -0.15) is 4.98 Å². The van der Waals surface area contributed by atoms with Gasteiger partial charge >= 0.3 is 0 Å². The van der Waals surface area contributed by atoms with Gasteiger partial charge in [0.1, 0.15) is 5.60 Å². The highest BCUT2D eigenvalue weighted by molar-refractivity contribution is 5.52. The summed E-state index contributed by atoms with van der Waals surface area (Å²) in [6, 6.07) is 3.07. The predicted molar refractivity (Wildman–Crippen MR) is 62.6 cm³/mol. The van der Waals surface area contributed by atoms with Crippen molar-refractivity contribution in [3.63, 3.8) is 0 Å². The maximum absolute atomic E-state index is 11.2. The second-order valence-electron chi connectivity index (χ2n) is 4.79. The van der Waals surface area contributed by atoms with Crippen LogP contribution in [0.5, 0.6) is 0 Å². The summed E-state index contributed by atoms with van der Waals surface area (Å²) in [4.78, 5) is 17.9. The van der Waals surface area contributed by atoms with Crippen LogP contribution in [0.1, 0.15) is 25.7 Å². The lowest BCUT2D eigenvalue weighted by Gasteiger charge is -2.16. The Morgan fingerprint density at radius 3 is 3.00 bits per heavy atom. The number of nitrogens with zero attached hydrogens (tertiary/aromatic N) is 2. The van der Waals surface area contributed by atoms with E-state index in [4.69, 9.17) is 4.52 Å². The molecule has 1 unspecified atom stereocenters. The van der Waals surface area contributed by atoms with Crippen LogP contribution in [0.25, 0.3) is 11.4 Å². The minimum atomic E-state index is -1.08. The molecule has 18 heavy (non-hydrogen) atoms. The third-order valence-electron chi connectivity index (χ3n) is 3.26. The van der Waals surface area contributed by atoms with E-state index in [1.54, 1.807) is 13.0 Å². The molecule has 1 fully saturated rings. The second kappa shape index (κ2) is 3.78. The Balaban J connectivity index is 1.96. The van der Waals surface area contributed by atoms with Crippen LogP contribution in [0.3, 0.4) is 0 Å². The summed E-state index contributed by atoms with van der Waals surface area (Å²) in [7, 11) is 0. The van der Waals surface area contributed by atoms with E-state index in [9.17, 15) is 9.90 Å². The van der Waals surface area contributed by atoms with E-state index in [2.05, 4.69) is 15.1 Å². The van der Waals surface area contributed by atoms with Crippen molar-refractivity contribution in [1.29, 1.82) is 0 Å². The van der Waals surface area contributed by atoms with Gasteiger partial charge in [0, 0.05) is 17.8 Å². The Hall–Kier alpha value is -1.95. The molecule has 1 aliphatic rings. The first-order valence-corrected chi connectivity index (χ1v) is 5.83. The van der Waals surface area contributed by atoms with Gasteiger partial charge in [-0.3, -0.25) is 4.79 Å². The molecule has 6 nitrogen and oxygen atoms in total. The van der Waals surface area contributed by atoms with Crippen LogP contribution >= 0.6 is 0 Å². The van der Waals surface area contributed by atoms with Crippen molar-refractivity contribution < 1.29 is 9.63 Å². The second-order valence-corrected chi connectivity index (χ2v) is 4.79. The number of hydrogen-bond acceptors (Lipinski definition) is 5. The van der Waals surface area contributed by atoms with E-state index < -0.39 is 5.60 Å². The molecule has 6 heteroatoms. The average Bonchev–Trinajstić information content (AvgIpc) is 3.07. The Labute approximate surface area is 103 Å². The first-order chi connectivity index (χ1) is 8.57. The molecule has 0 bridgehead atoms. The third kappa shape index (κ3) is 1.84. The predicted octanol–water partition coefficient (Wildman–Crippen LogP) is 1.04. The lowest BCUT2D eigenvalue weighted by atomic mass is 10.0. The molecular formula is C12H13N3O3. The highest BCUT2D eigenvalue weighted by Crippen LogP contribution is 2.45. The zero-order valence-corrected chi connectivity index (χ0v) is 9.88. The Morgan fingerprint density at radius 2 is 2.33 bits per heavy atom. The summed E-state index contributed by atoms with van der Waals surface area (Å²) in [5.41, 5.74) is -0.736. The number of rotatable bonds is 3. The van der Waals surface area contributed by atoms with E-state index in [-0.39, 0.29) is 17.4 Å². The van der Waals surface area contributed by atoms with Gasteiger partial charge in [0.2, 0.25) is 11.4 Å². The Bertz CT molecular complexity index is 625. The summed E-state index contributed by atoms with van der Waals surface area (Å²) in [5, 5.41) is 14.1.